The summed E-state index contributed by atoms with van der Waals surface area (Å²) in [6.45, 7) is 3.56. The van der Waals surface area contributed by atoms with E-state index in [9.17, 15) is 9.18 Å². The fourth-order valence-electron chi connectivity index (χ4n) is 2.40. The smallest absolute Gasteiger partial charge is 0.275 e. The number of carbonyl (C=O) groups excluding carboxylic acids is 1. The molecular weight excluding hydrogens is 279 g/mol. The summed E-state index contributed by atoms with van der Waals surface area (Å²) in [5, 5.41) is 2.93. The van der Waals surface area contributed by atoms with Crippen LogP contribution in [0.2, 0.25) is 0 Å². The van der Waals surface area contributed by atoms with Crippen LogP contribution in [0.4, 0.5) is 4.39 Å². The molecule has 0 radical (unpaired) electrons. The number of hydrogen-bond acceptors (Lipinski definition) is 1. The Hall–Kier alpha value is -2.20. The molecule has 0 bridgehead atoms. The van der Waals surface area contributed by atoms with Gasteiger partial charge in [0, 0.05) is 12.1 Å². The first-order valence-electron chi connectivity index (χ1n) is 7.41. The molecule has 2 N–H and O–H groups in total. The van der Waals surface area contributed by atoms with E-state index in [1.165, 1.54) is 17.7 Å². The molecule has 1 atom stereocenters. The molecule has 4 heteroatoms. The van der Waals surface area contributed by atoms with Gasteiger partial charge >= 0.3 is 0 Å². The maximum absolute atomic E-state index is 13.1. The highest BCUT2D eigenvalue weighted by Gasteiger charge is 2.11. The van der Waals surface area contributed by atoms with Crippen molar-refractivity contribution in [1.29, 1.82) is 0 Å². The number of likely N-dealkylation sites (N-methyl/N-ethyl adjacent to an activating group) is 1. The lowest BCUT2D eigenvalue weighted by atomic mass is 10.1. The van der Waals surface area contributed by atoms with Crippen molar-refractivity contribution < 1.29 is 14.1 Å². The van der Waals surface area contributed by atoms with Gasteiger partial charge in [-0.2, -0.15) is 0 Å². The van der Waals surface area contributed by atoms with Crippen molar-refractivity contribution >= 4 is 5.91 Å². The van der Waals surface area contributed by atoms with E-state index in [0.29, 0.717) is 19.6 Å². The molecule has 3 nitrogen and oxygen atoms in total. The molecule has 22 heavy (non-hydrogen) atoms. The first kappa shape index (κ1) is 16.2. The van der Waals surface area contributed by atoms with Crippen LogP contribution < -0.4 is 10.2 Å². The minimum Gasteiger partial charge on any atom is -0.347 e. The molecule has 1 unspecified atom stereocenters. The molecule has 2 aromatic rings. The van der Waals surface area contributed by atoms with Gasteiger partial charge in [-0.3, -0.25) is 4.79 Å². The predicted molar refractivity (Wildman–Crippen MR) is 84.9 cm³/mol. The zero-order chi connectivity index (χ0) is 15.9. The molecule has 0 saturated carbocycles. The van der Waals surface area contributed by atoms with Crippen LogP contribution in [0.5, 0.6) is 0 Å². The minimum absolute atomic E-state index is 0.00263. The molecule has 0 fully saturated rings. The van der Waals surface area contributed by atoms with E-state index >= 15 is 0 Å². The Labute approximate surface area is 130 Å². The number of halogens is 1. The van der Waals surface area contributed by atoms with Gasteiger partial charge in [-0.1, -0.05) is 36.4 Å². The van der Waals surface area contributed by atoms with E-state index in [1.54, 1.807) is 6.07 Å². The molecule has 1 amide bonds. The minimum atomic E-state index is -0.241. The van der Waals surface area contributed by atoms with Crippen LogP contribution in [0.3, 0.4) is 0 Å². The fraction of sp³-hybridized carbons (Fsp3) is 0.278. The second kappa shape index (κ2) is 7.71. The van der Waals surface area contributed by atoms with Gasteiger partial charge < -0.3 is 10.2 Å². The molecule has 2 rings (SSSR count). The third kappa shape index (κ3) is 4.97. The van der Waals surface area contributed by atoms with Gasteiger partial charge in [0.2, 0.25) is 0 Å². The molecule has 0 aromatic heterocycles. The lowest BCUT2D eigenvalue weighted by Crippen LogP contribution is -3.08. The van der Waals surface area contributed by atoms with Crippen molar-refractivity contribution in [3.05, 3.63) is 71.0 Å². The summed E-state index contributed by atoms with van der Waals surface area (Å²) in [5.74, 6) is -0.244. The molecule has 0 aliphatic heterocycles. The standard InChI is InChI=1S/C18H21FN2O/c1-14-6-3-4-8-16(14)11-20-18(22)13-21(2)12-15-7-5-9-17(19)10-15/h3-10H,11-13H2,1-2H3,(H,20,22)/p+1. The Kier molecular flexibility index (Phi) is 5.67. The zero-order valence-corrected chi connectivity index (χ0v) is 13.0. The summed E-state index contributed by atoms with van der Waals surface area (Å²) in [6.07, 6.45) is 0. The quantitative estimate of drug-likeness (QED) is 0.832. The fourth-order valence-corrected chi connectivity index (χ4v) is 2.40. The first-order valence-corrected chi connectivity index (χ1v) is 7.41. The molecule has 2 aromatic carbocycles. The van der Waals surface area contributed by atoms with E-state index in [2.05, 4.69) is 5.32 Å². The van der Waals surface area contributed by atoms with Gasteiger partial charge in [-0.25, -0.2) is 4.39 Å². The Balaban J connectivity index is 1.80. The monoisotopic (exact) mass is 301 g/mol. The number of aryl methyl sites for hydroxylation is 1. The molecule has 0 aliphatic carbocycles. The molecule has 0 heterocycles. The van der Waals surface area contributed by atoms with E-state index in [1.807, 2.05) is 44.3 Å². The summed E-state index contributed by atoms with van der Waals surface area (Å²) in [7, 11) is 1.93. The van der Waals surface area contributed by atoms with E-state index in [0.717, 1.165) is 16.0 Å². The summed E-state index contributed by atoms with van der Waals surface area (Å²) in [6, 6.07) is 14.5. The van der Waals surface area contributed by atoms with Crippen LogP contribution in [0.25, 0.3) is 0 Å². The Bertz CT molecular complexity index is 642. The second-order valence-electron chi connectivity index (χ2n) is 5.64. The number of nitrogens with one attached hydrogen (secondary N) is 2. The Morgan fingerprint density at radius 2 is 1.95 bits per heavy atom. The van der Waals surface area contributed by atoms with Gasteiger partial charge in [0.25, 0.3) is 5.91 Å². The molecule has 0 spiro atoms. The van der Waals surface area contributed by atoms with Crippen molar-refractivity contribution in [3.8, 4) is 0 Å². The van der Waals surface area contributed by atoms with E-state index in [4.69, 9.17) is 0 Å². The van der Waals surface area contributed by atoms with E-state index < -0.39 is 0 Å². The second-order valence-corrected chi connectivity index (χ2v) is 5.64. The summed E-state index contributed by atoms with van der Waals surface area (Å²) < 4.78 is 13.1. The van der Waals surface area contributed by atoms with Gasteiger partial charge in [0.05, 0.1) is 7.05 Å². The number of carbonyl (C=O) groups is 1. The first-order chi connectivity index (χ1) is 10.5. The van der Waals surface area contributed by atoms with Gasteiger partial charge in [-0.05, 0) is 30.2 Å². The average Bonchev–Trinajstić information content (AvgIpc) is 2.46. The molecular formula is C18H22FN2O+. The van der Waals surface area contributed by atoms with Crippen LogP contribution in [0, 0.1) is 12.7 Å². The normalized spacial score (nSPS) is 12.0. The van der Waals surface area contributed by atoms with Crippen molar-refractivity contribution in [1.82, 2.24) is 5.32 Å². The lowest BCUT2D eigenvalue weighted by molar-refractivity contribution is -0.885. The third-order valence-corrected chi connectivity index (χ3v) is 3.59. The van der Waals surface area contributed by atoms with Crippen LogP contribution in [0.1, 0.15) is 16.7 Å². The maximum Gasteiger partial charge on any atom is 0.275 e. The molecule has 116 valence electrons. The van der Waals surface area contributed by atoms with Gasteiger partial charge in [0.1, 0.15) is 12.4 Å². The number of rotatable bonds is 6. The average molecular weight is 301 g/mol. The Morgan fingerprint density at radius 1 is 1.18 bits per heavy atom. The molecule has 0 saturated heterocycles. The maximum atomic E-state index is 13.1. The lowest BCUT2D eigenvalue weighted by Gasteiger charge is -2.14. The van der Waals surface area contributed by atoms with Crippen LogP contribution in [-0.4, -0.2) is 19.5 Å². The largest absolute Gasteiger partial charge is 0.347 e. The van der Waals surface area contributed by atoms with Crippen molar-refractivity contribution in [2.24, 2.45) is 0 Å². The highest BCUT2D eigenvalue weighted by Crippen LogP contribution is 2.05. The summed E-state index contributed by atoms with van der Waals surface area (Å²) >= 11 is 0. The summed E-state index contributed by atoms with van der Waals surface area (Å²) in [4.78, 5) is 13.0. The van der Waals surface area contributed by atoms with Gasteiger partial charge in [-0.15, -0.1) is 0 Å². The van der Waals surface area contributed by atoms with Gasteiger partial charge in [0.15, 0.2) is 6.54 Å². The highest BCUT2D eigenvalue weighted by molar-refractivity contribution is 5.76. The number of hydrogen-bond donors (Lipinski definition) is 2. The zero-order valence-electron chi connectivity index (χ0n) is 13.0. The van der Waals surface area contributed by atoms with Crippen LogP contribution in [-0.2, 0) is 17.9 Å². The van der Waals surface area contributed by atoms with Crippen LogP contribution in [0.15, 0.2) is 48.5 Å². The number of benzene rings is 2. The predicted octanol–water partition coefficient (Wildman–Crippen LogP) is 1.47. The molecule has 0 aliphatic rings. The number of quaternary nitrogens is 1. The summed E-state index contributed by atoms with van der Waals surface area (Å²) in [5.41, 5.74) is 3.19. The topological polar surface area (TPSA) is 33.5 Å². The van der Waals surface area contributed by atoms with Crippen molar-refractivity contribution in [3.63, 3.8) is 0 Å². The third-order valence-electron chi connectivity index (χ3n) is 3.59. The number of amides is 1. The Morgan fingerprint density at radius 3 is 2.68 bits per heavy atom. The van der Waals surface area contributed by atoms with Crippen LogP contribution >= 0.6 is 0 Å². The van der Waals surface area contributed by atoms with Crippen molar-refractivity contribution in [2.75, 3.05) is 13.6 Å². The SMILES string of the molecule is Cc1ccccc1CNC(=O)C[NH+](C)Cc1cccc(F)c1. The van der Waals surface area contributed by atoms with Crippen molar-refractivity contribution in [2.45, 2.75) is 20.0 Å². The van der Waals surface area contributed by atoms with E-state index in [-0.39, 0.29) is 11.7 Å². The highest BCUT2D eigenvalue weighted by atomic mass is 19.1.